The average Bonchev–Trinajstić information content (AvgIpc) is 3.34. The summed E-state index contributed by atoms with van der Waals surface area (Å²) >= 11 is 0. The minimum atomic E-state index is -0.199. The Hall–Kier alpha value is -3.59. The van der Waals surface area contributed by atoms with E-state index in [1.807, 2.05) is 6.07 Å². The van der Waals surface area contributed by atoms with Gasteiger partial charge in [-0.2, -0.15) is 4.98 Å². The van der Waals surface area contributed by atoms with Crippen molar-refractivity contribution < 1.29 is 14.4 Å². The van der Waals surface area contributed by atoms with Crippen molar-refractivity contribution in [1.82, 2.24) is 30.0 Å². The molecule has 27 heavy (non-hydrogen) atoms. The number of hydrogen-bond donors (Lipinski definition) is 2. The standard InChI is InChI=1S/C18H16N6O3/c1-24(9-16-22-17(23-27-16)13-4-2-3-7-19-13)18(26)11-5-6-12-14(8-11)21-15(10-25)20-12/h2-8,25H,9-10H2,1H3,(H,20,21). The van der Waals surface area contributed by atoms with E-state index in [-0.39, 0.29) is 19.1 Å². The molecule has 0 radical (unpaired) electrons. The number of rotatable bonds is 5. The summed E-state index contributed by atoms with van der Waals surface area (Å²) in [5, 5.41) is 13.1. The van der Waals surface area contributed by atoms with Crippen molar-refractivity contribution in [2.45, 2.75) is 13.2 Å². The minimum Gasteiger partial charge on any atom is -0.388 e. The second kappa shape index (κ2) is 6.96. The van der Waals surface area contributed by atoms with Crippen molar-refractivity contribution >= 4 is 16.9 Å². The Bertz CT molecular complexity index is 1090. The number of carbonyl (C=O) groups is 1. The van der Waals surface area contributed by atoms with Gasteiger partial charge in [-0.1, -0.05) is 11.2 Å². The number of carbonyl (C=O) groups excluding carboxylic acids is 1. The molecule has 136 valence electrons. The molecule has 1 aromatic carbocycles. The van der Waals surface area contributed by atoms with Gasteiger partial charge in [-0.3, -0.25) is 9.78 Å². The first-order chi connectivity index (χ1) is 13.1. The van der Waals surface area contributed by atoms with E-state index in [1.54, 1.807) is 43.6 Å². The minimum absolute atomic E-state index is 0.168. The quantitative estimate of drug-likeness (QED) is 0.553. The van der Waals surface area contributed by atoms with E-state index in [0.29, 0.717) is 39.8 Å². The zero-order valence-electron chi connectivity index (χ0n) is 14.5. The van der Waals surface area contributed by atoms with Crippen LogP contribution in [-0.4, -0.2) is 48.1 Å². The molecule has 0 aliphatic rings. The first kappa shape index (κ1) is 16.9. The number of aromatic nitrogens is 5. The van der Waals surface area contributed by atoms with E-state index in [4.69, 9.17) is 9.63 Å². The lowest BCUT2D eigenvalue weighted by molar-refractivity contribution is 0.0769. The Balaban J connectivity index is 1.50. The highest BCUT2D eigenvalue weighted by Gasteiger charge is 2.17. The van der Waals surface area contributed by atoms with Crippen LogP contribution in [-0.2, 0) is 13.2 Å². The highest BCUT2D eigenvalue weighted by atomic mass is 16.5. The summed E-state index contributed by atoms with van der Waals surface area (Å²) in [7, 11) is 1.66. The lowest BCUT2D eigenvalue weighted by atomic mass is 10.2. The fourth-order valence-electron chi connectivity index (χ4n) is 2.68. The SMILES string of the molecule is CN(Cc1nc(-c2ccccn2)no1)C(=O)c1ccc2nc(CO)[nH]c2c1. The first-order valence-corrected chi connectivity index (χ1v) is 8.23. The third-order valence-electron chi connectivity index (χ3n) is 4.01. The van der Waals surface area contributed by atoms with Crippen LogP contribution in [0, 0.1) is 0 Å². The molecule has 2 N–H and O–H groups in total. The summed E-state index contributed by atoms with van der Waals surface area (Å²) in [5.41, 5.74) is 2.47. The molecule has 0 atom stereocenters. The fourth-order valence-corrected chi connectivity index (χ4v) is 2.68. The molecule has 0 spiro atoms. The normalized spacial score (nSPS) is 11.0. The van der Waals surface area contributed by atoms with Gasteiger partial charge in [-0.15, -0.1) is 0 Å². The van der Waals surface area contributed by atoms with Crippen LogP contribution in [0.4, 0.5) is 0 Å². The van der Waals surface area contributed by atoms with Crippen molar-refractivity contribution in [2.24, 2.45) is 0 Å². The fraction of sp³-hybridized carbons (Fsp3) is 0.167. The third-order valence-corrected chi connectivity index (χ3v) is 4.01. The zero-order valence-corrected chi connectivity index (χ0v) is 14.5. The van der Waals surface area contributed by atoms with Crippen LogP contribution in [0.25, 0.3) is 22.6 Å². The molecule has 0 saturated heterocycles. The first-order valence-electron chi connectivity index (χ1n) is 8.23. The largest absolute Gasteiger partial charge is 0.388 e. The zero-order chi connectivity index (χ0) is 18.8. The summed E-state index contributed by atoms with van der Waals surface area (Å²) in [6.07, 6.45) is 1.65. The molecule has 0 saturated carbocycles. The Labute approximate surface area is 153 Å². The van der Waals surface area contributed by atoms with Gasteiger partial charge in [-0.05, 0) is 30.3 Å². The number of pyridine rings is 1. The van der Waals surface area contributed by atoms with E-state index >= 15 is 0 Å². The van der Waals surface area contributed by atoms with E-state index in [1.165, 1.54) is 4.90 Å². The highest BCUT2D eigenvalue weighted by Crippen LogP contribution is 2.17. The number of hydrogen-bond acceptors (Lipinski definition) is 7. The predicted molar refractivity (Wildman–Crippen MR) is 95.3 cm³/mol. The van der Waals surface area contributed by atoms with Crippen molar-refractivity contribution in [3.05, 3.63) is 59.9 Å². The van der Waals surface area contributed by atoms with Crippen LogP contribution in [0.15, 0.2) is 47.1 Å². The number of amides is 1. The molecule has 4 aromatic rings. The summed E-state index contributed by atoms with van der Waals surface area (Å²) in [4.78, 5) is 29.8. The highest BCUT2D eigenvalue weighted by molar-refractivity contribution is 5.97. The van der Waals surface area contributed by atoms with Gasteiger partial charge in [0.1, 0.15) is 18.1 Å². The van der Waals surface area contributed by atoms with Gasteiger partial charge in [0.25, 0.3) is 5.91 Å². The summed E-state index contributed by atoms with van der Waals surface area (Å²) in [6.45, 7) is -0.0187. The Morgan fingerprint density at radius 3 is 2.93 bits per heavy atom. The molecule has 4 rings (SSSR count). The lowest BCUT2D eigenvalue weighted by Crippen LogP contribution is -2.26. The number of aromatic amines is 1. The smallest absolute Gasteiger partial charge is 0.254 e. The Morgan fingerprint density at radius 2 is 2.15 bits per heavy atom. The van der Waals surface area contributed by atoms with E-state index < -0.39 is 0 Å². The molecule has 1 amide bonds. The van der Waals surface area contributed by atoms with Crippen molar-refractivity contribution in [1.29, 1.82) is 0 Å². The summed E-state index contributed by atoms with van der Waals surface area (Å²) in [6, 6.07) is 10.5. The molecule has 0 unspecified atom stereocenters. The Kier molecular flexibility index (Phi) is 4.35. The van der Waals surface area contributed by atoms with Gasteiger partial charge in [0.2, 0.25) is 11.7 Å². The van der Waals surface area contributed by atoms with Gasteiger partial charge in [0, 0.05) is 18.8 Å². The molecule has 0 fully saturated rings. The molecule has 9 nitrogen and oxygen atoms in total. The van der Waals surface area contributed by atoms with Crippen molar-refractivity contribution in [3.8, 4) is 11.5 Å². The third kappa shape index (κ3) is 3.40. The number of benzene rings is 1. The second-order valence-corrected chi connectivity index (χ2v) is 5.96. The second-order valence-electron chi connectivity index (χ2n) is 5.96. The number of nitrogens with one attached hydrogen (secondary N) is 1. The number of H-pyrrole nitrogens is 1. The van der Waals surface area contributed by atoms with Gasteiger partial charge < -0.3 is 19.5 Å². The van der Waals surface area contributed by atoms with E-state index in [2.05, 4.69) is 25.1 Å². The molecular weight excluding hydrogens is 348 g/mol. The molecule has 3 heterocycles. The summed E-state index contributed by atoms with van der Waals surface area (Å²) in [5.74, 6) is 0.948. The van der Waals surface area contributed by atoms with Crippen LogP contribution >= 0.6 is 0 Å². The average molecular weight is 364 g/mol. The predicted octanol–water partition coefficient (Wildman–Crippen LogP) is 1.77. The van der Waals surface area contributed by atoms with Crippen LogP contribution in [0.1, 0.15) is 22.1 Å². The van der Waals surface area contributed by atoms with Gasteiger partial charge in [0.05, 0.1) is 17.6 Å². The molecule has 0 bridgehead atoms. The number of aliphatic hydroxyl groups is 1. The van der Waals surface area contributed by atoms with Gasteiger partial charge in [-0.25, -0.2) is 4.98 Å². The monoisotopic (exact) mass is 364 g/mol. The molecule has 9 heteroatoms. The number of imidazole rings is 1. The molecular formula is C18H16N6O3. The van der Waals surface area contributed by atoms with Crippen LogP contribution in [0.5, 0.6) is 0 Å². The van der Waals surface area contributed by atoms with Crippen molar-refractivity contribution in [3.63, 3.8) is 0 Å². The molecule has 0 aliphatic heterocycles. The Morgan fingerprint density at radius 1 is 1.26 bits per heavy atom. The maximum atomic E-state index is 12.7. The van der Waals surface area contributed by atoms with Crippen molar-refractivity contribution in [2.75, 3.05) is 7.05 Å². The summed E-state index contributed by atoms with van der Waals surface area (Å²) < 4.78 is 5.22. The molecule has 3 aromatic heterocycles. The topological polar surface area (TPSA) is 121 Å². The van der Waals surface area contributed by atoms with Crippen LogP contribution in [0.2, 0.25) is 0 Å². The maximum absolute atomic E-state index is 12.7. The van der Waals surface area contributed by atoms with E-state index in [9.17, 15) is 4.79 Å². The molecule has 0 aliphatic carbocycles. The lowest BCUT2D eigenvalue weighted by Gasteiger charge is -2.14. The maximum Gasteiger partial charge on any atom is 0.254 e. The number of aliphatic hydroxyl groups excluding tert-OH is 1. The number of nitrogens with zero attached hydrogens (tertiary/aromatic N) is 5. The van der Waals surface area contributed by atoms with E-state index in [0.717, 1.165) is 0 Å². The number of fused-ring (bicyclic) bond motifs is 1. The van der Waals surface area contributed by atoms with Crippen LogP contribution < -0.4 is 0 Å². The van der Waals surface area contributed by atoms with Gasteiger partial charge in [0.15, 0.2) is 0 Å². The van der Waals surface area contributed by atoms with Crippen LogP contribution in [0.3, 0.4) is 0 Å². The van der Waals surface area contributed by atoms with Gasteiger partial charge >= 0.3 is 0 Å².